The molecule has 37 heavy (non-hydrogen) atoms. The molecule has 0 atom stereocenters. The molecule has 0 spiro atoms. The number of para-hydroxylation sites is 1. The maximum Gasteiger partial charge on any atom is 0.257 e. The number of fused-ring (bicyclic) bond motifs is 1. The van der Waals surface area contributed by atoms with Crippen molar-refractivity contribution in [3.8, 4) is 0 Å². The Morgan fingerprint density at radius 1 is 0.973 bits per heavy atom. The van der Waals surface area contributed by atoms with Crippen LogP contribution in [-0.4, -0.2) is 32.8 Å². The second-order valence-corrected chi connectivity index (χ2v) is 9.17. The number of hydrogen-bond donors (Lipinski definition) is 2. The molecule has 0 aliphatic carbocycles. The number of halogens is 1. The lowest BCUT2D eigenvalue weighted by Crippen LogP contribution is -2.19. The highest BCUT2D eigenvalue weighted by Crippen LogP contribution is 2.22. The van der Waals surface area contributed by atoms with E-state index in [0.29, 0.717) is 27.8 Å². The average molecular weight is 513 g/mol. The fourth-order valence-electron chi connectivity index (χ4n) is 3.80. The molecule has 0 aliphatic rings. The van der Waals surface area contributed by atoms with Gasteiger partial charge < -0.3 is 4.57 Å². The number of hydrazone groups is 1. The first-order valence-corrected chi connectivity index (χ1v) is 12.2. The molecule has 3 aromatic carbocycles. The predicted octanol–water partition coefficient (Wildman–Crippen LogP) is 4.63. The van der Waals surface area contributed by atoms with Gasteiger partial charge in [0.1, 0.15) is 10.8 Å². The Bertz CT molecular complexity index is 1600. The minimum atomic E-state index is -0.372. The van der Waals surface area contributed by atoms with Crippen molar-refractivity contribution in [1.29, 1.82) is 0 Å². The number of rotatable bonds is 8. The van der Waals surface area contributed by atoms with E-state index in [2.05, 4.69) is 26.0 Å². The summed E-state index contributed by atoms with van der Waals surface area (Å²) in [7, 11) is 0. The zero-order valence-electron chi connectivity index (χ0n) is 19.5. The van der Waals surface area contributed by atoms with Gasteiger partial charge in [-0.05, 0) is 24.3 Å². The van der Waals surface area contributed by atoms with Crippen LogP contribution >= 0.6 is 11.3 Å². The van der Waals surface area contributed by atoms with Gasteiger partial charge >= 0.3 is 0 Å². The first-order valence-electron chi connectivity index (χ1n) is 11.4. The number of carbonyl (C=O) groups is 2. The molecule has 0 unspecified atom stereocenters. The number of amides is 2. The van der Waals surface area contributed by atoms with Crippen LogP contribution in [0.5, 0.6) is 0 Å². The highest BCUT2D eigenvalue weighted by molar-refractivity contribution is 7.15. The molecule has 2 amide bonds. The number of anilines is 1. The molecule has 5 rings (SSSR count). The van der Waals surface area contributed by atoms with Crippen LogP contribution in [0.1, 0.15) is 26.5 Å². The number of carbonyl (C=O) groups excluding carboxylic acids is 2. The fourth-order valence-corrected chi connectivity index (χ4v) is 4.54. The highest BCUT2D eigenvalue weighted by atomic mass is 32.1. The van der Waals surface area contributed by atoms with E-state index in [-0.39, 0.29) is 24.1 Å². The Kier molecular flexibility index (Phi) is 7.09. The number of benzene rings is 3. The van der Waals surface area contributed by atoms with Gasteiger partial charge in [0.2, 0.25) is 11.0 Å². The number of aromatic nitrogens is 3. The lowest BCUT2D eigenvalue weighted by atomic mass is 10.2. The van der Waals surface area contributed by atoms with E-state index in [9.17, 15) is 14.0 Å². The van der Waals surface area contributed by atoms with Crippen molar-refractivity contribution >= 4 is 45.4 Å². The molecule has 0 saturated carbocycles. The maximum absolute atomic E-state index is 14.2. The monoisotopic (exact) mass is 512 g/mol. The van der Waals surface area contributed by atoms with Crippen LogP contribution in [0, 0.1) is 5.82 Å². The third-order valence-corrected chi connectivity index (χ3v) is 6.38. The Labute approximate surface area is 215 Å². The summed E-state index contributed by atoms with van der Waals surface area (Å²) in [6, 6.07) is 23.1. The van der Waals surface area contributed by atoms with E-state index < -0.39 is 0 Å². The van der Waals surface area contributed by atoms with Crippen molar-refractivity contribution in [3.63, 3.8) is 0 Å². The minimum Gasteiger partial charge on any atom is -0.342 e. The molecule has 0 aliphatic heterocycles. The van der Waals surface area contributed by atoms with Gasteiger partial charge in [-0.3, -0.25) is 14.9 Å². The van der Waals surface area contributed by atoms with Crippen molar-refractivity contribution in [2.75, 3.05) is 5.32 Å². The van der Waals surface area contributed by atoms with Gasteiger partial charge in [0.15, 0.2) is 0 Å². The lowest BCUT2D eigenvalue weighted by molar-refractivity contribution is -0.120. The number of nitrogens with one attached hydrogen (secondary N) is 2. The first-order chi connectivity index (χ1) is 18.1. The Morgan fingerprint density at radius 3 is 2.57 bits per heavy atom. The van der Waals surface area contributed by atoms with Crippen molar-refractivity contribution in [1.82, 2.24) is 20.2 Å². The van der Waals surface area contributed by atoms with E-state index in [1.54, 1.807) is 48.7 Å². The summed E-state index contributed by atoms with van der Waals surface area (Å²) in [4.78, 5) is 24.6. The van der Waals surface area contributed by atoms with Gasteiger partial charge in [0.05, 0.1) is 19.2 Å². The first kappa shape index (κ1) is 24.0. The SMILES string of the molecule is O=C(Cc1nnc(NC(=O)c2ccccc2)s1)N/N=C/c1cn(Cc2ccccc2F)c2ccccc12. The third-order valence-electron chi connectivity index (χ3n) is 5.55. The van der Waals surface area contributed by atoms with E-state index in [1.807, 2.05) is 41.1 Å². The molecule has 2 N–H and O–H groups in total. The molecule has 0 saturated heterocycles. The highest BCUT2D eigenvalue weighted by Gasteiger charge is 2.13. The van der Waals surface area contributed by atoms with Gasteiger partial charge in [-0.25, -0.2) is 9.82 Å². The van der Waals surface area contributed by atoms with Gasteiger partial charge in [-0.2, -0.15) is 5.10 Å². The van der Waals surface area contributed by atoms with Crippen LogP contribution in [0.4, 0.5) is 9.52 Å². The Hall–Kier alpha value is -4.70. The predicted molar refractivity (Wildman–Crippen MR) is 141 cm³/mol. The second-order valence-electron chi connectivity index (χ2n) is 8.11. The largest absolute Gasteiger partial charge is 0.342 e. The van der Waals surface area contributed by atoms with Gasteiger partial charge in [-0.1, -0.05) is 65.9 Å². The molecule has 0 bridgehead atoms. The van der Waals surface area contributed by atoms with Gasteiger partial charge in [0.25, 0.3) is 5.91 Å². The topological polar surface area (TPSA) is 101 Å². The summed E-state index contributed by atoms with van der Waals surface area (Å²) in [5.41, 5.74) is 5.30. The van der Waals surface area contributed by atoms with Crippen LogP contribution in [0.25, 0.3) is 10.9 Å². The summed E-state index contributed by atoms with van der Waals surface area (Å²) >= 11 is 1.12. The zero-order chi connectivity index (χ0) is 25.6. The van der Waals surface area contributed by atoms with Crippen LogP contribution < -0.4 is 10.7 Å². The maximum atomic E-state index is 14.2. The average Bonchev–Trinajstić information content (AvgIpc) is 3.50. The standard InChI is InChI=1S/C27H21FN6O2S/c28-22-12-6-4-10-19(22)16-34-17-20(21-11-5-7-13-23(21)34)15-29-31-24(35)14-25-32-33-27(37-25)30-26(36)18-8-2-1-3-9-18/h1-13,15,17H,14,16H2,(H,31,35)(H,30,33,36)/b29-15+. The molecule has 2 heterocycles. The van der Waals surface area contributed by atoms with Crippen LogP contribution in [-0.2, 0) is 17.8 Å². The van der Waals surface area contributed by atoms with Crippen molar-refractivity contribution in [3.05, 3.63) is 113 Å². The van der Waals surface area contributed by atoms with Crippen LogP contribution in [0.15, 0.2) is 90.2 Å². The summed E-state index contributed by atoms with van der Waals surface area (Å²) in [5.74, 6) is -0.933. The molecule has 8 nitrogen and oxygen atoms in total. The smallest absolute Gasteiger partial charge is 0.257 e. The van der Waals surface area contributed by atoms with E-state index >= 15 is 0 Å². The molecule has 0 radical (unpaired) electrons. The normalized spacial score (nSPS) is 11.2. The summed E-state index contributed by atoms with van der Waals surface area (Å²) in [6.45, 7) is 0.369. The molecule has 5 aromatic rings. The number of hydrogen-bond acceptors (Lipinski definition) is 6. The van der Waals surface area contributed by atoms with Gasteiger partial charge in [-0.15, -0.1) is 10.2 Å². The van der Waals surface area contributed by atoms with Crippen LogP contribution in [0.2, 0.25) is 0 Å². The summed E-state index contributed by atoms with van der Waals surface area (Å²) in [5, 5.41) is 16.3. The Balaban J connectivity index is 1.22. The van der Waals surface area contributed by atoms with Crippen LogP contribution in [0.3, 0.4) is 0 Å². The molecule has 184 valence electrons. The fraction of sp³-hybridized carbons (Fsp3) is 0.0741. The molecule has 2 aromatic heterocycles. The Morgan fingerprint density at radius 2 is 1.73 bits per heavy atom. The van der Waals surface area contributed by atoms with Gasteiger partial charge in [0, 0.05) is 33.8 Å². The summed E-state index contributed by atoms with van der Waals surface area (Å²) in [6.07, 6.45) is 3.40. The molecular weight excluding hydrogens is 491 g/mol. The van der Waals surface area contributed by atoms with E-state index in [1.165, 1.54) is 6.07 Å². The second kappa shape index (κ2) is 10.9. The molecular formula is C27H21FN6O2S. The molecule has 0 fully saturated rings. The minimum absolute atomic E-state index is 0.0365. The van der Waals surface area contributed by atoms with Crippen molar-refractivity contribution < 1.29 is 14.0 Å². The quantitative estimate of drug-likeness (QED) is 0.234. The lowest BCUT2D eigenvalue weighted by Gasteiger charge is -2.06. The van der Waals surface area contributed by atoms with E-state index in [4.69, 9.17) is 0 Å². The van der Waals surface area contributed by atoms with E-state index in [0.717, 1.165) is 27.8 Å². The zero-order valence-corrected chi connectivity index (χ0v) is 20.3. The molecule has 10 heteroatoms. The van der Waals surface area contributed by atoms with Crippen molar-refractivity contribution in [2.24, 2.45) is 5.10 Å². The summed E-state index contributed by atoms with van der Waals surface area (Å²) < 4.78 is 16.1. The number of nitrogens with zero attached hydrogens (tertiary/aromatic N) is 4. The third kappa shape index (κ3) is 5.76. The van der Waals surface area contributed by atoms with Crippen molar-refractivity contribution in [2.45, 2.75) is 13.0 Å².